The molecule has 0 unspecified atom stereocenters. The standard InChI is InChI=1S/C9H7AsF4/c1-9(2,10)4-3-5(11)7(13)8(14)6(4)12/h3H,1-2H3. The van der Waals surface area contributed by atoms with Crippen LogP contribution in [0.1, 0.15) is 19.4 Å². The van der Waals surface area contributed by atoms with Gasteiger partial charge in [-0.15, -0.1) is 0 Å². The molecule has 0 fully saturated rings. The molecule has 1 rings (SSSR count). The van der Waals surface area contributed by atoms with Gasteiger partial charge in [-0.2, -0.15) is 0 Å². The zero-order valence-electron chi connectivity index (χ0n) is 7.54. The fraction of sp³-hybridized carbons (Fsp3) is 0.333. The van der Waals surface area contributed by atoms with Crippen molar-refractivity contribution < 1.29 is 17.6 Å². The Labute approximate surface area is 87.8 Å². The third-order valence-corrected chi connectivity index (χ3v) is 2.27. The van der Waals surface area contributed by atoms with Crippen molar-refractivity contribution in [2.75, 3.05) is 0 Å². The monoisotopic (exact) mass is 266 g/mol. The van der Waals surface area contributed by atoms with Crippen LogP contribution in [0.5, 0.6) is 0 Å². The van der Waals surface area contributed by atoms with Crippen molar-refractivity contribution >= 4 is 16.9 Å². The average Bonchev–Trinajstić information content (AvgIpc) is 2.06. The van der Waals surface area contributed by atoms with Crippen molar-refractivity contribution in [2.45, 2.75) is 18.1 Å². The Hall–Kier alpha value is -0.502. The van der Waals surface area contributed by atoms with Crippen LogP contribution >= 0.6 is 0 Å². The molecule has 0 aliphatic rings. The fourth-order valence-electron chi connectivity index (χ4n) is 1.02. The number of halogens is 4. The second-order valence-corrected chi connectivity index (χ2v) is 5.75. The zero-order chi connectivity index (χ0) is 11.1. The Morgan fingerprint density at radius 1 is 1.00 bits per heavy atom. The molecule has 0 atom stereocenters. The van der Waals surface area contributed by atoms with E-state index < -0.39 is 27.5 Å². The molecule has 0 bridgehead atoms. The van der Waals surface area contributed by atoms with E-state index in [2.05, 4.69) is 16.9 Å². The maximum atomic E-state index is 13.1. The van der Waals surface area contributed by atoms with E-state index >= 15 is 0 Å². The van der Waals surface area contributed by atoms with E-state index in [1.807, 2.05) is 0 Å². The van der Waals surface area contributed by atoms with Gasteiger partial charge in [-0.1, -0.05) is 0 Å². The van der Waals surface area contributed by atoms with Gasteiger partial charge in [0.2, 0.25) is 0 Å². The first-order chi connectivity index (χ1) is 6.25. The predicted octanol–water partition coefficient (Wildman–Crippen LogP) is 2.65. The Balaban J connectivity index is 3.49. The van der Waals surface area contributed by atoms with Crippen molar-refractivity contribution in [1.82, 2.24) is 0 Å². The molecule has 2 radical (unpaired) electrons. The summed E-state index contributed by atoms with van der Waals surface area (Å²) in [7, 11) is 0. The summed E-state index contributed by atoms with van der Waals surface area (Å²) in [5.74, 6) is -6.25. The molecule has 14 heavy (non-hydrogen) atoms. The molecule has 5 heteroatoms. The molecule has 0 nitrogen and oxygen atoms in total. The van der Waals surface area contributed by atoms with Crippen LogP contribution < -0.4 is 0 Å². The first-order valence-corrected chi connectivity index (χ1v) is 4.75. The van der Waals surface area contributed by atoms with Crippen molar-refractivity contribution in [3.05, 3.63) is 34.9 Å². The summed E-state index contributed by atoms with van der Waals surface area (Å²) < 4.78 is 50.4. The van der Waals surface area contributed by atoms with Crippen molar-refractivity contribution in [3.63, 3.8) is 0 Å². The quantitative estimate of drug-likeness (QED) is 0.317. The maximum absolute atomic E-state index is 13.1. The summed E-state index contributed by atoms with van der Waals surface area (Å²) in [6.07, 6.45) is 0. The summed E-state index contributed by atoms with van der Waals surface area (Å²) in [5.41, 5.74) is -0.200. The van der Waals surface area contributed by atoms with Gasteiger partial charge in [-0.3, -0.25) is 0 Å². The van der Waals surface area contributed by atoms with Gasteiger partial charge in [0, 0.05) is 0 Å². The summed E-state index contributed by atoms with van der Waals surface area (Å²) in [6.45, 7) is 3.12. The van der Waals surface area contributed by atoms with E-state index in [1.165, 1.54) is 0 Å². The van der Waals surface area contributed by atoms with E-state index in [-0.39, 0.29) is 5.56 Å². The van der Waals surface area contributed by atoms with Gasteiger partial charge in [0.25, 0.3) is 0 Å². The summed E-state index contributed by atoms with van der Waals surface area (Å²) in [6, 6.07) is 0.673. The van der Waals surface area contributed by atoms with E-state index in [1.54, 1.807) is 13.8 Å². The van der Waals surface area contributed by atoms with Crippen LogP contribution in [0.3, 0.4) is 0 Å². The van der Waals surface area contributed by atoms with Crippen LogP contribution in [-0.4, -0.2) is 16.9 Å². The Bertz CT molecular complexity index is 368. The topological polar surface area (TPSA) is 0 Å². The van der Waals surface area contributed by atoms with Gasteiger partial charge >= 0.3 is 87.4 Å². The molecular formula is C9H7AsF4. The van der Waals surface area contributed by atoms with Crippen LogP contribution in [0.15, 0.2) is 6.07 Å². The number of rotatable bonds is 1. The summed E-state index contributed by atoms with van der Waals surface area (Å²) in [5, 5.41) is 0. The Morgan fingerprint density at radius 3 is 1.93 bits per heavy atom. The zero-order valence-corrected chi connectivity index (χ0v) is 9.41. The van der Waals surface area contributed by atoms with Gasteiger partial charge in [0.15, 0.2) is 0 Å². The van der Waals surface area contributed by atoms with Crippen LogP contribution in [0.25, 0.3) is 0 Å². The van der Waals surface area contributed by atoms with Gasteiger partial charge in [-0.25, -0.2) is 0 Å². The van der Waals surface area contributed by atoms with E-state index in [9.17, 15) is 17.6 Å². The van der Waals surface area contributed by atoms with Crippen molar-refractivity contribution in [1.29, 1.82) is 0 Å². The molecule has 0 saturated carbocycles. The summed E-state index contributed by atoms with van der Waals surface area (Å²) >= 11 is 2.07. The van der Waals surface area contributed by atoms with Crippen molar-refractivity contribution in [2.24, 2.45) is 0 Å². The predicted molar refractivity (Wildman–Crippen MR) is 45.1 cm³/mol. The minimum atomic E-state index is -1.78. The van der Waals surface area contributed by atoms with E-state index in [0.717, 1.165) is 0 Å². The molecule has 0 heterocycles. The molecule has 0 N–H and O–H groups in total. The molecule has 1 aromatic carbocycles. The fourth-order valence-corrected chi connectivity index (χ4v) is 1.36. The second kappa shape index (κ2) is 3.58. The number of benzene rings is 1. The first-order valence-electron chi connectivity index (χ1n) is 3.81. The van der Waals surface area contributed by atoms with Gasteiger partial charge < -0.3 is 0 Å². The van der Waals surface area contributed by atoms with E-state index in [0.29, 0.717) is 6.07 Å². The third-order valence-electron chi connectivity index (χ3n) is 1.76. The first kappa shape index (κ1) is 11.6. The van der Waals surface area contributed by atoms with Gasteiger partial charge in [0.05, 0.1) is 0 Å². The van der Waals surface area contributed by atoms with Crippen LogP contribution in [-0.2, 0) is 4.20 Å². The minimum absolute atomic E-state index is 0.200. The molecular weight excluding hydrogens is 259 g/mol. The average molecular weight is 266 g/mol. The molecule has 0 spiro atoms. The van der Waals surface area contributed by atoms with Gasteiger partial charge in [0.1, 0.15) is 0 Å². The number of hydrogen-bond donors (Lipinski definition) is 0. The van der Waals surface area contributed by atoms with Gasteiger partial charge in [-0.05, 0) is 0 Å². The molecule has 0 saturated heterocycles. The van der Waals surface area contributed by atoms with Crippen LogP contribution in [0.4, 0.5) is 17.6 Å². The van der Waals surface area contributed by atoms with Crippen LogP contribution in [0.2, 0.25) is 0 Å². The SMILES string of the molecule is CC(C)([As])c1cc(F)c(F)c(F)c1F. The summed E-state index contributed by atoms with van der Waals surface area (Å²) in [4.78, 5) is 0. The molecule has 76 valence electrons. The molecule has 0 aromatic heterocycles. The van der Waals surface area contributed by atoms with Crippen LogP contribution in [0, 0.1) is 23.3 Å². The molecule has 0 aliphatic heterocycles. The normalized spacial score (nSPS) is 11.9. The number of hydrogen-bond acceptors (Lipinski definition) is 0. The second-order valence-electron chi connectivity index (χ2n) is 3.41. The molecule has 0 aliphatic carbocycles. The third kappa shape index (κ3) is 1.95. The Kier molecular flexibility index (Phi) is 2.96. The van der Waals surface area contributed by atoms with Crippen molar-refractivity contribution in [3.8, 4) is 0 Å². The Morgan fingerprint density at radius 2 is 1.50 bits per heavy atom. The van der Waals surface area contributed by atoms with E-state index in [4.69, 9.17) is 0 Å². The molecule has 0 amide bonds. The molecule has 1 aromatic rings.